The standard InChI is InChI=1S/C58H94O6/c1-4-7-10-13-16-19-22-25-27-29-31-33-36-39-42-45-48-51-57(60)63-54-55(53-62-56(59)50-47-44-41-38-35-24-21-18-15-12-9-6-3)64-58(61)52-49-46-43-40-37-34-32-30-28-26-23-20-17-14-11-8-5-2/h7-8,10-11,16-17,19-20,25-28,31-34,39,42,55H,4-6,9,12-15,18,21-24,29-30,35-38,40-41,43-54H2,1-3H3/b10-7-,11-8-,19-16-,20-17-,27-25-,28-26-,33-31-,34-32-,42-39-/t55-/m0/s1. The van der Waals surface area contributed by atoms with Gasteiger partial charge >= 0.3 is 17.9 Å². The van der Waals surface area contributed by atoms with Gasteiger partial charge in [-0.15, -0.1) is 0 Å². The number of carbonyl (C=O) groups excluding carboxylic acids is 3. The van der Waals surface area contributed by atoms with Crippen LogP contribution in [0.2, 0.25) is 0 Å². The molecule has 0 spiro atoms. The van der Waals surface area contributed by atoms with E-state index in [0.29, 0.717) is 12.8 Å². The topological polar surface area (TPSA) is 78.9 Å². The summed E-state index contributed by atoms with van der Waals surface area (Å²) < 4.78 is 16.7. The van der Waals surface area contributed by atoms with Gasteiger partial charge in [0.25, 0.3) is 0 Å². The van der Waals surface area contributed by atoms with E-state index < -0.39 is 6.10 Å². The summed E-state index contributed by atoms with van der Waals surface area (Å²) in [4.78, 5) is 38.0. The molecule has 362 valence electrons. The molecule has 0 N–H and O–H groups in total. The average Bonchev–Trinajstić information content (AvgIpc) is 3.29. The van der Waals surface area contributed by atoms with Gasteiger partial charge in [-0.25, -0.2) is 0 Å². The summed E-state index contributed by atoms with van der Waals surface area (Å²) in [6, 6.07) is 0. The van der Waals surface area contributed by atoms with Crippen LogP contribution in [0.15, 0.2) is 109 Å². The van der Waals surface area contributed by atoms with Crippen LogP contribution in [0, 0.1) is 0 Å². The predicted octanol–water partition coefficient (Wildman–Crippen LogP) is 17.1. The molecule has 0 aliphatic heterocycles. The third-order valence-electron chi connectivity index (χ3n) is 10.5. The van der Waals surface area contributed by atoms with Gasteiger partial charge in [0, 0.05) is 19.3 Å². The highest BCUT2D eigenvalue weighted by molar-refractivity contribution is 5.71. The third-order valence-corrected chi connectivity index (χ3v) is 10.5. The second-order valence-electron chi connectivity index (χ2n) is 16.7. The van der Waals surface area contributed by atoms with E-state index in [-0.39, 0.29) is 44.0 Å². The molecule has 0 saturated carbocycles. The number of ether oxygens (including phenoxy) is 3. The summed E-state index contributed by atoms with van der Waals surface area (Å²) >= 11 is 0. The lowest BCUT2D eigenvalue weighted by Gasteiger charge is -2.18. The summed E-state index contributed by atoms with van der Waals surface area (Å²) in [6.07, 6.45) is 69.3. The molecule has 0 aliphatic carbocycles. The van der Waals surface area contributed by atoms with Crippen molar-refractivity contribution >= 4 is 17.9 Å². The van der Waals surface area contributed by atoms with Gasteiger partial charge in [0.05, 0.1) is 0 Å². The number of hydrogen-bond acceptors (Lipinski definition) is 6. The molecule has 0 aromatic heterocycles. The molecular weight excluding hydrogens is 793 g/mol. The first-order chi connectivity index (χ1) is 31.5. The molecule has 1 atom stereocenters. The molecule has 0 aromatic rings. The molecule has 0 rings (SSSR count). The van der Waals surface area contributed by atoms with Gasteiger partial charge in [-0.1, -0.05) is 214 Å². The molecule has 6 nitrogen and oxygen atoms in total. The fourth-order valence-electron chi connectivity index (χ4n) is 6.70. The quantitative estimate of drug-likeness (QED) is 0.0262. The van der Waals surface area contributed by atoms with E-state index >= 15 is 0 Å². The zero-order chi connectivity index (χ0) is 46.5. The number of rotatable bonds is 45. The van der Waals surface area contributed by atoms with Gasteiger partial charge in [-0.2, -0.15) is 0 Å². The van der Waals surface area contributed by atoms with Crippen LogP contribution in [-0.4, -0.2) is 37.2 Å². The molecule has 0 heterocycles. The highest BCUT2D eigenvalue weighted by Gasteiger charge is 2.19. The fraction of sp³-hybridized carbons (Fsp3) is 0.638. The second-order valence-corrected chi connectivity index (χ2v) is 16.7. The maximum absolute atomic E-state index is 12.8. The fourth-order valence-corrected chi connectivity index (χ4v) is 6.70. The van der Waals surface area contributed by atoms with Crippen molar-refractivity contribution in [1.82, 2.24) is 0 Å². The van der Waals surface area contributed by atoms with Crippen molar-refractivity contribution in [2.24, 2.45) is 0 Å². The van der Waals surface area contributed by atoms with Crippen molar-refractivity contribution in [3.05, 3.63) is 109 Å². The highest BCUT2D eigenvalue weighted by Crippen LogP contribution is 2.14. The molecule has 0 saturated heterocycles. The van der Waals surface area contributed by atoms with Crippen LogP contribution in [0.5, 0.6) is 0 Å². The SMILES string of the molecule is CC/C=C\C/C=C\C/C=C\C/C=C\C/C=C\CCCC(=O)OC[C@H](COC(=O)CCCCCCCCCCCCCC)OC(=O)CCCCCC/C=C\C/C=C\C/C=C\C/C=C\CC. The zero-order valence-electron chi connectivity index (χ0n) is 41.3. The summed E-state index contributed by atoms with van der Waals surface area (Å²) in [5.74, 6) is -0.996. The first-order valence-corrected chi connectivity index (χ1v) is 25.9. The van der Waals surface area contributed by atoms with Gasteiger partial charge in [0.1, 0.15) is 13.2 Å². The Kier molecular flexibility index (Phi) is 48.5. The van der Waals surface area contributed by atoms with E-state index in [2.05, 4.69) is 130 Å². The van der Waals surface area contributed by atoms with Crippen molar-refractivity contribution in [2.75, 3.05) is 13.2 Å². The van der Waals surface area contributed by atoms with Crippen LogP contribution >= 0.6 is 0 Å². The smallest absolute Gasteiger partial charge is 0.306 e. The number of esters is 3. The van der Waals surface area contributed by atoms with Crippen molar-refractivity contribution in [3.63, 3.8) is 0 Å². The van der Waals surface area contributed by atoms with Crippen LogP contribution in [0.3, 0.4) is 0 Å². The lowest BCUT2D eigenvalue weighted by Crippen LogP contribution is -2.30. The summed E-state index contributed by atoms with van der Waals surface area (Å²) in [5.41, 5.74) is 0. The summed E-state index contributed by atoms with van der Waals surface area (Å²) in [7, 11) is 0. The Labute approximate surface area is 393 Å². The van der Waals surface area contributed by atoms with Gasteiger partial charge in [-0.05, 0) is 96.3 Å². The molecule has 0 radical (unpaired) electrons. The van der Waals surface area contributed by atoms with Crippen LogP contribution in [0.4, 0.5) is 0 Å². The van der Waals surface area contributed by atoms with E-state index in [1.54, 1.807) is 0 Å². The van der Waals surface area contributed by atoms with Crippen LogP contribution in [0.1, 0.15) is 220 Å². The second kappa shape index (κ2) is 51.7. The highest BCUT2D eigenvalue weighted by atomic mass is 16.6. The number of unbranched alkanes of at least 4 members (excludes halogenated alkanes) is 16. The molecule has 6 heteroatoms. The molecule has 0 bridgehead atoms. The minimum atomic E-state index is -0.813. The van der Waals surface area contributed by atoms with Crippen molar-refractivity contribution in [2.45, 2.75) is 226 Å². The minimum Gasteiger partial charge on any atom is -0.462 e. The number of hydrogen-bond donors (Lipinski definition) is 0. The number of allylic oxidation sites excluding steroid dienone is 18. The summed E-state index contributed by atoms with van der Waals surface area (Å²) in [5, 5.41) is 0. The van der Waals surface area contributed by atoms with E-state index in [1.807, 2.05) is 0 Å². The minimum absolute atomic E-state index is 0.106. The maximum Gasteiger partial charge on any atom is 0.306 e. The molecule has 64 heavy (non-hydrogen) atoms. The van der Waals surface area contributed by atoms with Gasteiger partial charge in [-0.3, -0.25) is 14.4 Å². The van der Waals surface area contributed by atoms with E-state index in [1.165, 1.54) is 57.8 Å². The molecule has 0 fully saturated rings. The van der Waals surface area contributed by atoms with E-state index in [9.17, 15) is 14.4 Å². The maximum atomic E-state index is 12.8. The normalized spacial score (nSPS) is 13.0. The predicted molar refractivity (Wildman–Crippen MR) is 274 cm³/mol. The zero-order valence-corrected chi connectivity index (χ0v) is 41.3. The van der Waals surface area contributed by atoms with E-state index in [0.717, 1.165) is 116 Å². The van der Waals surface area contributed by atoms with Crippen molar-refractivity contribution in [3.8, 4) is 0 Å². The number of carbonyl (C=O) groups is 3. The van der Waals surface area contributed by atoms with E-state index in [4.69, 9.17) is 14.2 Å². The first-order valence-electron chi connectivity index (χ1n) is 25.9. The van der Waals surface area contributed by atoms with Crippen molar-refractivity contribution in [1.29, 1.82) is 0 Å². The summed E-state index contributed by atoms with van der Waals surface area (Å²) in [6.45, 7) is 6.33. The lowest BCUT2D eigenvalue weighted by atomic mass is 10.0. The Bertz CT molecular complexity index is 1340. The monoisotopic (exact) mass is 887 g/mol. The third kappa shape index (κ3) is 49.1. The average molecular weight is 887 g/mol. The van der Waals surface area contributed by atoms with Crippen LogP contribution in [-0.2, 0) is 28.6 Å². The van der Waals surface area contributed by atoms with Crippen LogP contribution < -0.4 is 0 Å². The Morgan fingerprint density at radius 2 is 0.625 bits per heavy atom. The Morgan fingerprint density at radius 3 is 1.02 bits per heavy atom. The molecule has 0 aromatic carbocycles. The Morgan fingerprint density at radius 1 is 0.328 bits per heavy atom. The molecule has 0 amide bonds. The molecular formula is C58H94O6. The van der Waals surface area contributed by atoms with Crippen molar-refractivity contribution < 1.29 is 28.6 Å². The van der Waals surface area contributed by atoms with Gasteiger partial charge in [0.2, 0.25) is 0 Å². The first kappa shape index (κ1) is 60.1. The van der Waals surface area contributed by atoms with Gasteiger partial charge in [0.15, 0.2) is 6.10 Å². The molecule has 0 unspecified atom stereocenters. The Balaban J connectivity index is 4.53. The Hall–Kier alpha value is -3.93. The van der Waals surface area contributed by atoms with Crippen LogP contribution in [0.25, 0.3) is 0 Å². The molecule has 0 aliphatic rings. The lowest BCUT2D eigenvalue weighted by molar-refractivity contribution is -0.167. The largest absolute Gasteiger partial charge is 0.462 e. The van der Waals surface area contributed by atoms with Gasteiger partial charge < -0.3 is 14.2 Å².